The highest BCUT2D eigenvalue weighted by atomic mass is 16.2. The number of amides is 1. The van der Waals surface area contributed by atoms with Gasteiger partial charge in [0.05, 0.1) is 0 Å². The number of hydrogen-bond donors (Lipinski definition) is 0. The third kappa shape index (κ3) is 3.91. The Kier molecular flexibility index (Phi) is 5.28. The number of carbonyl (C=O) groups is 1. The second-order valence-electron chi connectivity index (χ2n) is 8.79. The molecule has 0 N–H and O–H groups in total. The average Bonchev–Trinajstić information content (AvgIpc) is 3.24. The van der Waals surface area contributed by atoms with Gasteiger partial charge in [-0.1, -0.05) is 43.5 Å². The fraction of sp³-hybridized carbons (Fsp3) is 0.480. The number of benzene rings is 2. The molecule has 2 fully saturated rings. The van der Waals surface area contributed by atoms with E-state index in [0.717, 1.165) is 50.9 Å². The van der Waals surface area contributed by atoms with Gasteiger partial charge in [0.15, 0.2) is 0 Å². The third-order valence-corrected chi connectivity index (χ3v) is 7.01. The molecular formula is C25H31N3O. The summed E-state index contributed by atoms with van der Waals surface area (Å²) in [6, 6.07) is 17.6. The SMILES string of the molecule is O=C(c1ccc(N2Cc3ccccc3C2)cc1)N1CCN(C2CCCCC2)CC1. The van der Waals surface area contributed by atoms with Crippen LogP contribution in [0.3, 0.4) is 0 Å². The smallest absolute Gasteiger partial charge is 0.253 e. The van der Waals surface area contributed by atoms with Crippen LogP contribution in [0.2, 0.25) is 0 Å². The van der Waals surface area contributed by atoms with Crippen LogP contribution in [0.25, 0.3) is 0 Å². The minimum atomic E-state index is 0.185. The Balaban J connectivity index is 1.18. The van der Waals surface area contributed by atoms with Gasteiger partial charge in [-0.3, -0.25) is 9.69 Å². The van der Waals surface area contributed by atoms with E-state index in [0.29, 0.717) is 0 Å². The normalized spacial score (nSPS) is 20.7. The maximum Gasteiger partial charge on any atom is 0.253 e. The molecule has 3 aliphatic rings. The van der Waals surface area contributed by atoms with Crippen LogP contribution >= 0.6 is 0 Å². The Bertz CT molecular complexity index is 824. The monoisotopic (exact) mass is 389 g/mol. The van der Waals surface area contributed by atoms with Gasteiger partial charge in [-0.05, 0) is 48.2 Å². The molecule has 2 aliphatic heterocycles. The van der Waals surface area contributed by atoms with Crippen LogP contribution in [0.5, 0.6) is 0 Å². The van der Waals surface area contributed by atoms with Crippen LogP contribution < -0.4 is 4.90 Å². The molecule has 0 atom stereocenters. The molecular weight excluding hydrogens is 358 g/mol. The molecule has 0 radical (unpaired) electrons. The van der Waals surface area contributed by atoms with Gasteiger partial charge in [0.25, 0.3) is 5.91 Å². The molecule has 5 rings (SSSR count). The first kappa shape index (κ1) is 18.7. The highest BCUT2D eigenvalue weighted by Crippen LogP contribution is 2.28. The van der Waals surface area contributed by atoms with Gasteiger partial charge < -0.3 is 9.80 Å². The fourth-order valence-corrected chi connectivity index (χ4v) is 5.25. The van der Waals surface area contributed by atoms with Gasteiger partial charge in [-0.2, -0.15) is 0 Å². The van der Waals surface area contributed by atoms with Crippen LogP contribution in [-0.2, 0) is 13.1 Å². The molecule has 4 nitrogen and oxygen atoms in total. The molecule has 1 saturated carbocycles. The average molecular weight is 390 g/mol. The van der Waals surface area contributed by atoms with Crippen LogP contribution in [0.4, 0.5) is 5.69 Å². The van der Waals surface area contributed by atoms with Gasteiger partial charge in [0, 0.05) is 56.6 Å². The number of nitrogens with zero attached hydrogens (tertiary/aromatic N) is 3. The Labute approximate surface area is 174 Å². The van der Waals surface area contributed by atoms with Crippen molar-refractivity contribution in [3.63, 3.8) is 0 Å². The molecule has 0 aromatic heterocycles. The molecule has 1 saturated heterocycles. The molecule has 2 aromatic carbocycles. The van der Waals surface area contributed by atoms with E-state index in [1.54, 1.807) is 0 Å². The standard InChI is InChI=1S/C25H31N3O/c29-25(27-16-14-26(15-17-27)23-8-2-1-3-9-23)20-10-12-24(13-11-20)28-18-21-6-4-5-7-22(21)19-28/h4-7,10-13,23H,1-3,8-9,14-19H2. The van der Waals surface area contributed by atoms with Gasteiger partial charge in [-0.15, -0.1) is 0 Å². The van der Waals surface area contributed by atoms with Crippen LogP contribution in [-0.4, -0.2) is 47.9 Å². The van der Waals surface area contributed by atoms with Crippen molar-refractivity contribution in [2.24, 2.45) is 0 Å². The first-order valence-electron chi connectivity index (χ1n) is 11.2. The molecule has 2 heterocycles. The summed E-state index contributed by atoms with van der Waals surface area (Å²) in [5.41, 5.74) is 4.82. The Hall–Kier alpha value is -2.33. The molecule has 4 heteroatoms. The van der Waals surface area contributed by atoms with E-state index in [1.165, 1.54) is 48.9 Å². The molecule has 152 valence electrons. The quantitative estimate of drug-likeness (QED) is 0.783. The van der Waals surface area contributed by atoms with E-state index >= 15 is 0 Å². The predicted octanol–water partition coefficient (Wildman–Crippen LogP) is 4.30. The summed E-state index contributed by atoms with van der Waals surface area (Å²) >= 11 is 0. The Morgan fingerprint density at radius 2 is 1.38 bits per heavy atom. The predicted molar refractivity (Wildman–Crippen MR) is 117 cm³/mol. The zero-order valence-corrected chi connectivity index (χ0v) is 17.2. The van der Waals surface area contributed by atoms with Crippen molar-refractivity contribution in [1.82, 2.24) is 9.80 Å². The maximum atomic E-state index is 13.0. The van der Waals surface area contributed by atoms with Crippen molar-refractivity contribution in [2.45, 2.75) is 51.2 Å². The van der Waals surface area contributed by atoms with Crippen molar-refractivity contribution in [1.29, 1.82) is 0 Å². The fourth-order valence-electron chi connectivity index (χ4n) is 5.25. The lowest BCUT2D eigenvalue weighted by molar-refractivity contribution is 0.0523. The second kappa shape index (κ2) is 8.19. The summed E-state index contributed by atoms with van der Waals surface area (Å²) in [6.07, 6.45) is 6.83. The zero-order chi connectivity index (χ0) is 19.6. The minimum Gasteiger partial charge on any atom is -0.363 e. The van der Waals surface area contributed by atoms with Crippen molar-refractivity contribution in [2.75, 3.05) is 31.1 Å². The molecule has 1 aliphatic carbocycles. The van der Waals surface area contributed by atoms with E-state index in [4.69, 9.17) is 0 Å². The van der Waals surface area contributed by atoms with Crippen molar-refractivity contribution >= 4 is 11.6 Å². The first-order chi connectivity index (χ1) is 14.3. The number of fused-ring (bicyclic) bond motifs is 1. The van der Waals surface area contributed by atoms with E-state index in [1.807, 2.05) is 17.0 Å². The van der Waals surface area contributed by atoms with Crippen LogP contribution in [0, 0.1) is 0 Å². The van der Waals surface area contributed by atoms with Crippen molar-refractivity contribution in [3.05, 3.63) is 65.2 Å². The molecule has 2 aromatic rings. The molecule has 0 bridgehead atoms. The van der Waals surface area contributed by atoms with Crippen molar-refractivity contribution < 1.29 is 4.79 Å². The van der Waals surface area contributed by atoms with E-state index in [2.05, 4.69) is 46.2 Å². The van der Waals surface area contributed by atoms with E-state index < -0.39 is 0 Å². The largest absolute Gasteiger partial charge is 0.363 e. The number of carbonyl (C=O) groups excluding carboxylic acids is 1. The molecule has 0 unspecified atom stereocenters. The molecule has 1 amide bonds. The van der Waals surface area contributed by atoms with Crippen LogP contribution in [0.1, 0.15) is 53.6 Å². The Morgan fingerprint density at radius 1 is 0.759 bits per heavy atom. The third-order valence-electron chi connectivity index (χ3n) is 7.01. The summed E-state index contributed by atoms with van der Waals surface area (Å²) < 4.78 is 0. The lowest BCUT2D eigenvalue weighted by atomic mass is 9.94. The number of anilines is 1. The maximum absolute atomic E-state index is 13.0. The first-order valence-corrected chi connectivity index (χ1v) is 11.2. The van der Waals surface area contributed by atoms with Gasteiger partial charge >= 0.3 is 0 Å². The van der Waals surface area contributed by atoms with Crippen LogP contribution in [0.15, 0.2) is 48.5 Å². The summed E-state index contributed by atoms with van der Waals surface area (Å²) in [6.45, 7) is 5.68. The summed E-state index contributed by atoms with van der Waals surface area (Å²) in [7, 11) is 0. The lowest BCUT2D eigenvalue weighted by Gasteiger charge is -2.40. The minimum absolute atomic E-state index is 0.185. The van der Waals surface area contributed by atoms with Gasteiger partial charge in [-0.25, -0.2) is 0 Å². The second-order valence-corrected chi connectivity index (χ2v) is 8.79. The lowest BCUT2D eigenvalue weighted by Crippen LogP contribution is -2.52. The summed E-state index contributed by atoms with van der Waals surface area (Å²) in [5.74, 6) is 0.185. The summed E-state index contributed by atoms with van der Waals surface area (Å²) in [5, 5.41) is 0. The highest BCUT2D eigenvalue weighted by Gasteiger charge is 2.27. The topological polar surface area (TPSA) is 26.8 Å². The number of piperazine rings is 1. The van der Waals surface area contributed by atoms with Gasteiger partial charge in [0.1, 0.15) is 0 Å². The number of hydrogen-bond acceptors (Lipinski definition) is 3. The summed E-state index contributed by atoms with van der Waals surface area (Å²) in [4.78, 5) is 20.0. The van der Waals surface area contributed by atoms with E-state index in [-0.39, 0.29) is 5.91 Å². The molecule has 29 heavy (non-hydrogen) atoms. The number of rotatable bonds is 3. The van der Waals surface area contributed by atoms with Crippen molar-refractivity contribution in [3.8, 4) is 0 Å². The highest BCUT2D eigenvalue weighted by molar-refractivity contribution is 5.94. The Morgan fingerprint density at radius 3 is 2.00 bits per heavy atom. The van der Waals surface area contributed by atoms with E-state index in [9.17, 15) is 4.79 Å². The zero-order valence-electron chi connectivity index (χ0n) is 17.2. The van der Waals surface area contributed by atoms with Gasteiger partial charge in [0.2, 0.25) is 0 Å². The molecule has 0 spiro atoms.